The zero-order valence-corrected chi connectivity index (χ0v) is 19.2. The second kappa shape index (κ2) is 16.3. The number of hydrogen-bond donors (Lipinski definition) is 0. The highest BCUT2D eigenvalue weighted by Gasteiger charge is 2.22. The van der Waals surface area contributed by atoms with Crippen molar-refractivity contribution >= 4 is 0 Å². The molecule has 1 heterocycles. The highest BCUT2D eigenvalue weighted by molar-refractivity contribution is 4.96. The lowest BCUT2D eigenvalue weighted by Gasteiger charge is -2.32. The Labute approximate surface area is 171 Å². The van der Waals surface area contributed by atoms with E-state index in [0.717, 1.165) is 0 Å². The van der Waals surface area contributed by atoms with Crippen LogP contribution in [0.15, 0.2) is 12.4 Å². The van der Waals surface area contributed by atoms with Crippen molar-refractivity contribution < 1.29 is 0 Å². The summed E-state index contributed by atoms with van der Waals surface area (Å²) in [7, 11) is 0. The molecule has 0 fully saturated rings. The Bertz CT molecular complexity index is 350. The van der Waals surface area contributed by atoms with E-state index in [1.54, 1.807) is 0 Å². The third kappa shape index (κ3) is 11.7. The molecule has 1 aliphatic rings. The van der Waals surface area contributed by atoms with Crippen LogP contribution >= 0.6 is 0 Å². The predicted octanol–water partition coefficient (Wildman–Crippen LogP) is 8.09. The van der Waals surface area contributed by atoms with E-state index in [0.29, 0.717) is 12.2 Å². The highest BCUT2D eigenvalue weighted by atomic mass is 15.4. The van der Waals surface area contributed by atoms with E-state index in [1.165, 1.54) is 109 Å². The molecule has 0 radical (unpaired) electrons. The van der Waals surface area contributed by atoms with Gasteiger partial charge in [0.2, 0.25) is 0 Å². The maximum absolute atomic E-state index is 2.50. The molecular weight excluding hydrogens is 328 g/mol. The van der Waals surface area contributed by atoms with Crippen LogP contribution in [-0.4, -0.2) is 28.6 Å². The van der Waals surface area contributed by atoms with Gasteiger partial charge < -0.3 is 9.80 Å². The molecule has 0 spiro atoms. The first-order valence-electron chi connectivity index (χ1n) is 12.4. The Hall–Kier alpha value is -0.660. The predicted molar refractivity (Wildman–Crippen MR) is 122 cm³/mol. The average molecular weight is 379 g/mol. The number of unbranched alkanes of at least 4 members (excludes halogenated alkanes) is 15. The van der Waals surface area contributed by atoms with Gasteiger partial charge in [0.15, 0.2) is 0 Å². The lowest BCUT2D eigenvalue weighted by atomic mass is 10.0. The quantitative estimate of drug-likeness (QED) is 0.222. The van der Waals surface area contributed by atoms with Crippen LogP contribution in [-0.2, 0) is 0 Å². The minimum atomic E-state index is 0.543. The number of nitrogens with zero attached hydrogens (tertiary/aromatic N) is 2. The highest BCUT2D eigenvalue weighted by Crippen LogP contribution is 2.19. The van der Waals surface area contributed by atoms with E-state index in [-0.39, 0.29) is 0 Å². The first-order valence-corrected chi connectivity index (χ1v) is 12.4. The molecule has 0 aromatic rings. The van der Waals surface area contributed by atoms with Gasteiger partial charge in [0.05, 0.1) is 6.17 Å². The van der Waals surface area contributed by atoms with Crippen molar-refractivity contribution in [1.29, 1.82) is 0 Å². The number of rotatable bonds is 18. The third-order valence-corrected chi connectivity index (χ3v) is 6.21. The van der Waals surface area contributed by atoms with E-state index < -0.39 is 0 Å². The normalized spacial score (nSPS) is 16.9. The fraction of sp³-hybridized carbons (Fsp3) is 0.920. The van der Waals surface area contributed by atoms with Gasteiger partial charge in [-0.3, -0.25) is 0 Å². The Balaban J connectivity index is 1.78. The molecule has 160 valence electrons. The standard InChI is InChI=1S/C25H50N2/c1-5-6-7-8-9-10-11-12-13-14-15-16-17-18-19-20-21-26-22-23-27(24(2)3)25(26)4/h22-25H,5-21H2,1-4H3. The van der Waals surface area contributed by atoms with Crippen molar-refractivity contribution in [3.05, 3.63) is 12.4 Å². The van der Waals surface area contributed by atoms with Gasteiger partial charge in [-0.15, -0.1) is 0 Å². The van der Waals surface area contributed by atoms with Gasteiger partial charge in [-0.2, -0.15) is 0 Å². The second-order valence-corrected chi connectivity index (χ2v) is 9.01. The number of hydrogen-bond acceptors (Lipinski definition) is 2. The Morgan fingerprint density at radius 1 is 0.630 bits per heavy atom. The smallest absolute Gasteiger partial charge is 0.0980 e. The van der Waals surface area contributed by atoms with Crippen LogP contribution < -0.4 is 0 Å². The van der Waals surface area contributed by atoms with E-state index in [2.05, 4.69) is 49.9 Å². The van der Waals surface area contributed by atoms with E-state index in [4.69, 9.17) is 0 Å². The zero-order chi connectivity index (χ0) is 19.7. The van der Waals surface area contributed by atoms with Gasteiger partial charge in [0.25, 0.3) is 0 Å². The van der Waals surface area contributed by atoms with Crippen molar-refractivity contribution in [2.75, 3.05) is 6.54 Å². The Morgan fingerprint density at radius 2 is 1.04 bits per heavy atom. The molecule has 0 bridgehead atoms. The summed E-state index contributed by atoms with van der Waals surface area (Å²) < 4.78 is 0. The van der Waals surface area contributed by atoms with Gasteiger partial charge >= 0.3 is 0 Å². The molecular formula is C25H50N2. The van der Waals surface area contributed by atoms with Crippen LogP contribution in [0.4, 0.5) is 0 Å². The monoisotopic (exact) mass is 378 g/mol. The van der Waals surface area contributed by atoms with Crippen LogP contribution in [0.3, 0.4) is 0 Å². The minimum absolute atomic E-state index is 0.543. The van der Waals surface area contributed by atoms with Crippen molar-refractivity contribution in [3.63, 3.8) is 0 Å². The molecule has 1 atom stereocenters. The van der Waals surface area contributed by atoms with Gasteiger partial charge in [-0.1, -0.05) is 103 Å². The lowest BCUT2D eigenvalue weighted by Crippen LogP contribution is -2.39. The van der Waals surface area contributed by atoms with Crippen LogP contribution in [0.1, 0.15) is 130 Å². The lowest BCUT2D eigenvalue weighted by molar-refractivity contribution is 0.141. The average Bonchev–Trinajstić information content (AvgIpc) is 3.02. The molecule has 0 N–H and O–H groups in total. The third-order valence-electron chi connectivity index (χ3n) is 6.21. The second-order valence-electron chi connectivity index (χ2n) is 9.01. The molecule has 0 aromatic heterocycles. The van der Waals surface area contributed by atoms with Gasteiger partial charge in [0.1, 0.15) is 0 Å². The molecule has 0 aliphatic carbocycles. The molecule has 1 unspecified atom stereocenters. The maximum Gasteiger partial charge on any atom is 0.0980 e. The van der Waals surface area contributed by atoms with Gasteiger partial charge in [-0.05, 0) is 27.2 Å². The summed E-state index contributed by atoms with van der Waals surface area (Å²) in [6.45, 7) is 10.4. The van der Waals surface area contributed by atoms with E-state index >= 15 is 0 Å². The fourth-order valence-electron chi connectivity index (χ4n) is 4.29. The van der Waals surface area contributed by atoms with Crippen molar-refractivity contribution in [3.8, 4) is 0 Å². The Kier molecular flexibility index (Phi) is 14.7. The molecule has 0 saturated heterocycles. The topological polar surface area (TPSA) is 6.48 Å². The summed E-state index contributed by atoms with van der Waals surface area (Å²) in [4.78, 5) is 4.95. The molecule has 1 rings (SSSR count). The molecule has 0 amide bonds. The van der Waals surface area contributed by atoms with Crippen molar-refractivity contribution in [2.45, 2.75) is 143 Å². The van der Waals surface area contributed by atoms with E-state index in [1.807, 2.05) is 0 Å². The van der Waals surface area contributed by atoms with Crippen LogP contribution in [0.2, 0.25) is 0 Å². The van der Waals surface area contributed by atoms with Crippen molar-refractivity contribution in [2.24, 2.45) is 0 Å². The summed E-state index contributed by atoms with van der Waals surface area (Å²) in [5.74, 6) is 0. The fourth-order valence-corrected chi connectivity index (χ4v) is 4.29. The summed E-state index contributed by atoms with van der Waals surface area (Å²) >= 11 is 0. The minimum Gasteiger partial charge on any atom is -0.356 e. The summed E-state index contributed by atoms with van der Waals surface area (Å²) in [5.41, 5.74) is 0. The summed E-state index contributed by atoms with van der Waals surface area (Å²) in [5, 5.41) is 0. The Morgan fingerprint density at radius 3 is 1.41 bits per heavy atom. The summed E-state index contributed by atoms with van der Waals surface area (Å²) in [6.07, 6.45) is 28.2. The van der Waals surface area contributed by atoms with Crippen LogP contribution in [0.25, 0.3) is 0 Å². The van der Waals surface area contributed by atoms with Crippen molar-refractivity contribution in [1.82, 2.24) is 9.80 Å². The zero-order valence-electron chi connectivity index (χ0n) is 19.2. The molecule has 27 heavy (non-hydrogen) atoms. The first-order chi connectivity index (χ1) is 13.2. The van der Waals surface area contributed by atoms with Gasteiger partial charge in [-0.25, -0.2) is 0 Å². The largest absolute Gasteiger partial charge is 0.356 e. The maximum atomic E-state index is 2.50. The molecule has 1 aliphatic heterocycles. The van der Waals surface area contributed by atoms with Crippen LogP contribution in [0.5, 0.6) is 0 Å². The van der Waals surface area contributed by atoms with Gasteiger partial charge in [0, 0.05) is 25.0 Å². The molecule has 0 aromatic carbocycles. The van der Waals surface area contributed by atoms with Crippen LogP contribution in [0, 0.1) is 0 Å². The van der Waals surface area contributed by atoms with E-state index in [9.17, 15) is 0 Å². The molecule has 0 saturated carbocycles. The molecule has 2 heteroatoms. The molecule has 2 nitrogen and oxygen atoms in total. The SMILES string of the molecule is CCCCCCCCCCCCCCCCCCN1C=CN(C(C)C)C1C. The summed E-state index contributed by atoms with van der Waals surface area (Å²) in [6, 6.07) is 0.604. The first kappa shape index (κ1) is 24.4.